The molecule has 1 aliphatic carbocycles. The molecular formula is C49H85O15P. The molecule has 0 saturated heterocycles. The number of hydrogen-bond donors (Lipinski definition) is 8. The van der Waals surface area contributed by atoms with E-state index in [1.54, 1.807) is 0 Å². The van der Waals surface area contributed by atoms with Crippen LogP contribution >= 0.6 is 7.82 Å². The van der Waals surface area contributed by atoms with Gasteiger partial charge in [0.1, 0.15) is 43.2 Å². The fourth-order valence-electron chi connectivity index (χ4n) is 6.94. The number of rotatable bonds is 39. The highest BCUT2D eigenvalue weighted by molar-refractivity contribution is 7.47. The molecule has 0 aromatic rings. The van der Waals surface area contributed by atoms with Crippen LogP contribution in [0.3, 0.4) is 0 Å². The fourth-order valence-corrected chi connectivity index (χ4v) is 7.91. The van der Waals surface area contributed by atoms with Crippen LogP contribution in [0.2, 0.25) is 0 Å². The molecule has 0 aliphatic heterocycles. The summed E-state index contributed by atoms with van der Waals surface area (Å²) >= 11 is 0. The summed E-state index contributed by atoms with van der Waals surface area (Å²) in [6.45, 7) is 3.05. The first-order valence-electron chi connectivity index (χ1n) is 24.3. The number of phosphoric acid groups is 1. The summed E-state index contributed by atoms with van der Waals surface area (Å²) in [7, 11) is -5.17. The molecule has 376 valence electrons. The summed E-state index contributed by atoms with van der Waals surface area (Å²) in [5.41, 5.74) is 0. The molecule has 0 spiro atoms. The Balaban J connectivity index is 2.52. The van der Waals surface area contributed by atoms with E-state index in [0.717, 1.165) is 83.5 Å². The van der Waals surface area contributed by atoms with Crippen LogP contribution in [0.15, 0.2) is 60.8 Å². The third kappa shape index (κ3) is 30.5. The molecule has 1 fully saturated rings. The average Bonchev–Trinajstić information content (AvgIpc) is 3.28. The third-order valence-corrected chi connectivity index (χ3v) is 12.0. The van der Waals surface area contributed by atoms with Gasteiger partial charge >= 0.3 is 19.8 Å². The van der Waals surface area contributed by atoms with E-state index in [4.69, 9.17) is 18.5 Å². The zero-order chi connectivity index (χ0) is 48.1. The zero-order valence-corrected chi connectivity index (χ0v) is 40.1. The third-order valence-electron chi connectivity index (χ3n) is 11.0. The molecule has 1 saturated carbocycles. The molecule has 1 rings (SSSR count). The molecular weight excluding hydrogens is 859 g/mol. The number of aliphatic hydroxyl groups excluding tert-OH is 7. The quantitative estimate of drug-likeness (QED) is 0.0127. The monoisotopic (exact) mass is 945 g/mol. The molecule has 1 aliphatic rings. The maximum atomic E-state index is 12.8. The van der Waals surface area contributed by atoms with Crippen molar-refractivity contribution in [1.82, 2.24) is 0 Å². The number of carbonyl (C=O) groups is 2. The molecule has 10 atom stereocenters. The van der Waals surface area contributed by atoms with Crippen LogP contribution in [0.25, 0.3) is 0 Å². The molecule has 0 bridgehead atoms. The van der Waals surface area contributed by atoms with Crippen molar-refractivity contribution in [2.45, 2.75) is 223 Å². The smallest absolute Gasteiger partial charge is 0.462 e. The maximum Gasteiger partial charge on any atom is 0.472 e. The predicted octanol–water partition coefficient (Wildman–Crippen LogP) is 7.67. The molecule has 3 unspecified atom stereocenters. The average molecular weight is 945 g/mol. The Morgan fingerprint density at radius 3 is 1.54 bits per heavy atom. The highest BCUT2D eigenvalue weighted by Crippen LogP contribution is 2.47. The van der Waals surface area contributed by atoms with Gasteiger partial charge in [-0.15, -0.1) is 0 Å². The summed E-state index contributed by atoms with van der Waals surface area (Å²) in [6.07, 6.45) is 25.6. The van der Waals surface area contributed by atoms with E-state index in [0.29, 0.717) is 32.1 Å². The first kappa shape index (κ1) is 60.5. The standard InChI is InChI=1S/C49H85O15P/c1-3-5-7-9-11-12-13-14-15-16-17-18-19-20-21-22-23-27-32-36-43(53)63-39(38-62-65(59,60)64-49-47(57)45(55)44(54)46(56)48(49)58)37-61-42(52)35-31-28-24-26-30-34-41(51)40(50)33-29-25-10-8-6-4-2/h11-12,14-15,17-18,20-21,25,29,39-41,44-51,54-58H,3-10,13,16,19,22-24,26-28,30-38H2,1-2H3,(H,59,60)/b12-11-,15-14-,18-17-,21-20-,29-25-/t39-,40-,41-,44?,45-,46+,47-,48-,49?/m1/s1. The topological polar surface area (TPSA) is 250 Å². The van der Waals surface area contributed by atoms with E-state index < -0.39 is 87.9 Å². The number of ether oxygens (including phenoxy) is 2. The van der Waals surface area contributed by atoms with Crippen molar-refractivity contribution in [3.8, 4) is 0 Å². The lowest BCUT2D eigenvalue weighted by Crippen LogP contribution is -2.64. The summed E-state index contributed by atoms with van der Waals surface area (Å²) < 4.78 is 33.4. The normalized spacial score (nSPS) is 22.9. The van der Waals surface area contributed by atoms with Crippen LogP contribution in [-0.2, 0) is 32.7 Å². The maximum absolute atomic E-state index is 12.8. The highest BCUT2D eigenvalue weighted by atomic mass is 31.2. The van der Waals surface area contributed by atoms with Gasteiger partial charge in [0, 0.05) is 12.8 Å². The second kappa shape index (κ2) is 38.4. The van der Waals surface area contributed by atoms with E-state index in [1.807, 2.05) is 12.2 Å². The molecule has 0 aromatic carbocycles. The second-order valence-corrected chi connectivity index (χ2v) is 18.3. The van der Waals surface area contributed by atoms with Crippen LogP contribution in [0, 0.1) is 0 Å². The van der Waals surface area contributed by atoms with Crippen molar-refractivity contribution in [1.29, 1.82) is 0 Å². The number of aliphatic hydroxyl groups is 7. The van der Waals surface area contributed by atoms with E-state index in [1.165, 1.54) is 25.7 Å². The Bertz CT molecular complexity index is 1400. The summed E-state index contributed by atoms with van der Waals surface area (Å²) in [5.74, 6) is -1.25. The number of hydrogen-bond acceptors (Lipinski definition) is 14. The Labute approximate surface area is 388 Å². The number of esters is 2. The van der Waals surface area contributed by atoms with Crippen molar-refractivity contribution in [2.24, 2.45) is 0 Å². The van der Waals surface area contributed by atoms with Gasteiger partial charge in [-0.05, 0) is 83.5 Å². The van der Waals surface area contributed by atoms with Crippen molar-refractivity contribution in [2.75, 3.05) is 13.2 Å². The Morgan fingerprint density at radius 1 is 0.538 bits per heavy atom. The van der Waals surface area contributed by atoms with Gasteiger partial charge in [-0.3, -0.25) is 18.6 Å². The summed E-state index contributed by atoms with van der Waals surface area (Å²) in [5, 5.41) is 70.7. The molecule has 15 nitrogen and oxygen atoms in total. The highest BCUT2D eigenvalue weighted by Gasteiger charge is 2.51. The van der Waals surface area contributed by atoms with Gasteiger partial charge in [0.25, 0.3) is 0 Å². The van der Waals surface area contributed by atoms with E-state index in [9.17, 15) is 54.8 Å². The molecule has 0 amide bonds. The number of phosphoric ester groups is 1. The minimum atomic E-state index is -5.17. The van der Waals surface area contributed by atoms with Crippen LogP contribution in [0.5, 0.6) is 0 Å². The van der Waals surface area contributed by atoms with Crippen LogP contribution in [0.4, 0.5) is 0 Å². The van der Waals surface area contributed by atoms with Gasteiger partial charge in [0.15, 0.2) is 6.10 Å². The first-order chi connectivity index (χ1) is 31.2. The van der Waals surface area contributed by atoms with Gasteiger partial charge in [0.05, 0.1) is 18.8 Å². The van der Waals surface area contributed by atoms with Crippen LogP contribution in [0.1, 0.15) is 168 Å². The Kier molecular flexibility index (Phi) is 35.8. The van der Waals surface area contributed by atoms with Gasteiger partial charge in [-0.25, -0.2) is 4.57 Å². The molecule has 0 radical (unpaired) electrons. The lowest BCUT2D eigenvalue weighted by atomic mass is 9.85. The molecule has 16 heteroatoms. The lowest BCUT2D eigenvalue weighted by Gasteiger charge is -2.41. The van der Waals surface area contributed by atoms with Crippen LogP contribution in [-0.4, -0.2) is 121 Å². The Morgan fingerprint density at radius 2 is 0.985 bits per heavy atom. The number of carbonyl (C=O) groups excluding carboxylic acids is 2. The lowest BCUT2D eigenvalue weighted by molar-refractivity contribution is -0.220. The van der Waals surface area contributed by atoms with Crippen molar-refractivity contribution >= 4 is 19.8 Å². The van der Waals surface area contributed by atoms with Crippen molar-refractivity contribution in [3.05, 3.63) is 60.8 Å². The van der Waals surface area contributed by atoms with Gasteiger partial charge in [-0.2, -0.15) is 0 Å². The minimum Gasteiger partial charge on any atom is -0.462 e. The van der Waals surface area contributed by atoms with Gasteiger partial charge in [0.2, 0.25) is 0 Å². The molecule has 0 aromatic heterocycles. The van der Waals surface area contributed by atoms with E-state index >= 15 is 0 Å². The van der Waals surface area contributed by atoms with Crippen molar-refractivity contribution < 1.29 is 73.3 Å². The minimum absolute atomic E-state index is 0.0249. The van der Waals surface area contributed by atoms with Gasteiger partial charge in [-0.1, -0.05) is 132 Å². The first-order valence-corrected chi connectivity index (χ1v) is 25.8. The summed E-state index contributed by atoms with van der Waals surface area (Å²) in [6, 6.07) is 0. The SMILES string of the molecule is CCCCC/C=C\C/C=C\C/C=C\C/C=C\CCCCCC(=O)O[C@H](COC(=O)CCCCCCC[C@@H](O)[C@H](O)C/C=C\CCCCC)COP(=O)(O)OC1[C@H](O)[C@H](O)C(O)[C@H](O)[C@H]1O. The van der Waals surface area contributed by atoms with E-state index in [2.05, 4.69) is 62.5 Å². The van der Waals surface area contributed by atoms with Crippen molar-refractivity contribution in [3.63, 3.8) is 0 Å². The molecule has 0 heterocycles. The van der Waals surface area contributed by atoms with Gasteiger partial charge < -0.3 is 50.1 Å². The number of unbranched alkanes of at least 4 members (excludes halogenated alkanes) is 13. The molecule has 8 N–H and O–H groups in total. The second-order valence-electron chi connectivity index (χ2n) is 16.9. The van der Waals surface area contributed by atoms with E-state index in [-0.39, 0.29) is 12.8 Å². The number of allylic oxidation sites excluding steroid dienone is 9. The zero-order valence-electron chi connectivity index (χ0n) is 39.2. The predicted molar refractivity (Wildman–Crippen MR) is 251 cm³/mol. The molecule has 65 heavy (non-hydrogen) atoms. The fraction of sp³-hybridized carbons (Fsp3) is 0.755. The summed E-state index contributed by atoms with van der Waals surface area (Å²) in [4.78, 5) is 35.8. The van der Waals surface area contributed by atoms with Crippen LogP contribution < -0.4 is 0 Å². The Hall–Kier alpha value is -2.53. The largest absolute Gasteiger partial charge is 0.472 e.